The number of aromatic nitrogens is 2. The summed E-state index contributed by atoms with van der Waals surface area (Å²) in [6.45, 7) is 1.93. The molecule has 6 heteroatoms. The second-order valence-corrected chi connectivity index (χ2v) is 8.91. The van der Waals surface area contributed by atoms with Crippen molar-refractivity contribution in [1.29, 1.82) is 0 Å². The average Bonchev–Trinajstić information content (AvgIpc) is 2.87. The number of alkyl halides is 2. The molecule has 4 nitrogen and oxygen atoms in total. The third kappa shape index (κ3) is 2.62. The first-order chi connectivity index (χ1) is 9.88. The van der Waals surface area contributed by atoms with E-state index in [-0.39, 0.29) is 11.7 Å². The molecule has 1 aliphatic rings. The molecule has 2 aromatic rings. The lowest BCUT2D eigenvalue weighted by Crippen LogP contribution is -2.30. The quantitative estimate of drug-likeness (QED) is 0.675. The number of nitrogens with zero attached hydrogens (tertiary/aromatic N) is 2. The molecule has 0 unspecified atom stereocenters. The largest absolute Gasteiger partial charge is 0.291 e. The Morgan fingerprint density at radius 1 is 1.38 bits per heavy atom. The van der Waals surface area contributed by atoms with Crippen LogP contribution in [0.1, 0.15) is 38.4 Å². The zero-order valence-corrected chi connectivity index (χ0v) is 14.4. The molecule has 0 radical (unpaired) electrons. The van der Waals surface area contributed by atoms with E-state index in [0.717, 1.165) is 5.56 Å². The van der Waals surface area contributed by atoms with E-state index in [4.69, 9.17) is 0 Å². The summed E-state index contributed by atoms with van der Waals surface area (Å²) in [4.78, 5) is 24.8. The van der Waals surface area contributed by atoms with Gasteiger partial charge in [-0.05, 0) is 31.9 Å². The number of benzene rings is 1. The lowest BCUT2D eigenvalue weighted by molar-refractivity contribution is 0.0944. The molecule has 0 fully saturated rings. The summed E-state index contributed by atoms with van der Waals surface area (Å²) < 4.78 is 0.520. The summed E-state index contributed by atoms with van der Waals surface area (Å²) in [6, 6.07) is 7.32. The minimum atomic E-state index is -0.743. The highest BCUT2D eigenvalue weighted by molar-refractivity contribution is 9.26. The maximum Gasteiger partial charge on any atom is 0.278 e. The van der Waals surface area contributed by atoms with Gasteiger partial charge in [-0.1, -0.05) is 49.6 Å². The smallest absolute Gasteiger partial charge is 0.278 e. The SMILES string of the molecule is Cc1cccc(C(=O)n2cc3c(n2)CCC(Br)(Br)C3=O)c1. The predicted octanol–water partition coefficient (Wildman–Crippen LogP) is 3.50. The van der Waals surface area contributed by atoms with Crippen molar-refractivity contribution in [2.24, 2.45) is 0 Å². The van der Waals surface area contributed by atoms with E-state index in [1.807, 2.05) is 25.1 Å². The standard InChI is InChI=1S/C15H12Br2N2O2/c1-9-3-2-4-10(7-9)14(21)19-8-11-12(18-19)5-6-15(16,17)13(11)20/h2-4,7-8H,5-6H2,1H3. The molecule has 0 N–H and O–H groups in total. The maximum absolute atomic E-state index is 12.5. The van der Waals surface area contributed by atoms with Crippen molar-refractivity contribution in [3.05, 3.63) is 52.8 Å². The van der Waals surface area contributed by atoms with E-state index in [2.05, 4.69) is 37.0 Å². The van der Waals surface area contributed by atoms with Crippen LogP contribution in [0.15, 0.2) is 30.5 Å². The number of fused-ring (bicyclic) bond motifs is 1. The molecule has 0 saturated carbocycles. The Labute approximate surface area is 138 Å². The summed E-state index contributed by atoms with van der Waals surface area (Å²) in [5, 5.41) is 4.28. The Kier molecular flexibility index (Phi) is 3.61. The van der Waals surface area contributed by atoms with Crippen molar-refractivity contribution >= 4 is 43.6 Å². The van der Waals surface area contributed by atoms with Crippen LogP contribution in [0, 0.1) is 6.92 Å². The molecule has 1 aromatic carbocycles. The lowest BCUT2D eigenvalue weighted by atomic mass is 9.97. The fourth-order valence-corrected chi connectivity index (χ4v) is 3.21. The van der Waals surface area contributed by atoms with Crippen LogP contribution in [0.2, 0.25) is 0 Å². The number of halogens is 2. The molecular weight excluding hydrogens is 400 g/mol. The molecule has 1 aromatic heterocycles. The molecule has 0 spiro atoms. The van der Waals surface area contributed by atoms with Gasteiger partial charge in [0.15, 0.2) is 5.78 Å². The molecule has 0 atom stereocenters. The van der Waals surface area contributed by atoms with Gasteiger partial charge in [-0.3, -0.25) is 9.59 Å². The number of rotatable bonds is 1. The molecule has 3 rings (SSSR count). The monoisotopic (exact) mass is 410 g/mol. The highest BCUT2D eigenvalue weighted by Crippen LogP contribution is 2.39. The van der Waals surface area contributed by atoms with Crippen molar-refractivity contribution in [3.63, 3.8) is 0 Å². The van der Waals surface area contributed by atoms with Crippen LogP contribution in [0.5, 0.6) is 0 Å². The zero-order chi connectivity index (χ0) is 15.2. The number of hydrogen-bond donors (Lipinski definition) is 0. The third-order valence-electron chi connectivity index (χ3n) is 3.52. The molecule has 1 heterocycles. The molecule has 0 bridgehead atoms. The van der Waals surface area contributed by atoms with Gasteiger partial charge in [0.05, 0.1) is 11.3 Å². The highest BCUT2D eigenvalue weighted by atomic mass is 79.9. The maximum atomic E-state index is 12.5. The van der Waals surface area contributed by atoms with E-state index < -0.39 is 3.23 Å². The Bertz CT molecular complexity index is 750. The van der Waals surface area contributed by atoms with Gasteiger partial charge < -0.3 is 0 Å². The van der Waals surface area contributed by atoms with E-state index in [1.165, 1.54) is 10.9 Å². The van der Waals surface area contributed by atoms with Crippen molar-refractivity contribution in [2.75, 3.05) is 0 Å². The number of carbonyl (C=O) groups is 2. The number of carbonyl (C=O) groups excluding carboxylic acids is 2. The van der Waals surface area contributed by atoms with Crippen LogP contribution >= 0.6 is 31.9 Å². The van der Waals surface area contributed by atoms with Crippen LogP contribution in [-0.2, 0) is 6.42 Å². The van der Waals surface area contributed by atoms with Gasteiger partial charge in [-0.25, -0.2) is 4.68 Å². The fraction of sp³-hybridized carbons (Fsp3) is 0.267. The second kappa shape index (κ2) is 5.18. The molecular formula is C15H12Br2N2O2. The summed E-state index contributed by atoms with van der Waals surface area (Å²) >= 11 is 6.75. The van der Waals surface area contributed by atoms with Gasteiger partial charge in [-0.2, -0.15) is 5.10 Å². The topological polar surface area (TPSA) is 52.0 Å². The first kappa shape index (κ1) is 14.7. The molecule has 0 amide bonds. The molecule has 108 valence electrons. The van der Waals surface area contributed by atoms with Crippen LogP contribution in [0.25, 0.3) is 0 Å². The Balaban J connectivity index is 1.99. The first-order valence-electron chi connectivity index (χ1n) is 6.51. The zero-order valence-electron chi connectivity index (χ0n) is 11.3. The Morgan fingerprint density at radius 3 is 2.86 bits per heavy atom. The number of aryl methyl sites for hydroxylation is 2. The van der Waals surface area contributed by atoms with Crippen molar-refractivity contribution in [3.8, 4) is 0 Å². The van der Waals surface area contributed by atoms with E-state index >= 15 is 0 Å². The first-order valence-corrected chi connectivity index (χ1v) is 8.09. The van der Waals surface area contributed by atoms with Crippen molar-refractivity contribution < 1.29 is 9.59 Å². The highest BCUT2D eigenvalue weighted by Gasteiger charge is 2.40. The van der Waals surface area contributed by atoms with Crippen molar-refractivity contribution in [2.45, 2.75) is 23.0 Å². The Hall–Kier alpha value is -1.27. The predicted molar refractivity (Wildman–Crippen MR) is 86.4 cm³/mol. The van der Waals surface area contributed by atoms with Crippen LogP contribution in [-0.4, -0.2) is 24.7 Å². The third-order valence-corrected chi connectivity index (χ3v) is 5.03. The summed E-state index contributed by atoms with van der Waals surface area (Å²) in [7, 11) is 0. The van der Waals surface area contributed by atoms with Crippen LogP contribution < -0.4 is 0 Å². The van der Waals surface area contributed by atoms with Crippen LogP contribution in [0.3, 0.4) is 0 Å². The minimum Gasteiger partial charge on any atom is -0.291 e. The summed E-state index contributed by atoms with van der Waals surface area (Å²) in [5.41, 5.74) is 2.74. The van der Waals surface area contributed by atoms with Crippen molar-refractivity contribution in [1.82, 2.24) is 9.78 Å². The molecule has 0 saturated heterocycles. The second-order valence-electron chi connectivity index (χ2n) is 5.14. The minimum absolute atomic E-state index is 0.0907. The van der Waals surface area contributed by atoms with E-state index in [1.54, 1.807) is 6.07 Å². The van der Waals surface area contributed by atoms with Gasteiger partial charge in [0, 0.05) is 11.8 Å². The van der Waals surface area contributed by atoms with Gasteiger partial charge in [-0.15, -0.1) is 0 Å². The van der Waals surface area contributed by atoms with Gasteiger partial charge >= 0.3 is 0 Å². The average molecular weight is 412 g/mol. The summed E-state index contributed by atoms with van der Waals surface area (Å²) in [5.74, 6) is -0.317. The molecule has 1 aliphatic carbocycles. The normalized spacial score (nSPS) is 16.6. The molecule has 21 heavy (non-hydrogen) atoms. The van der Waals surface area contributed by atoms with Gasteiger partial charge in [0.1, 0.15) is 3.23 Å². The lowest BCUT2D eigenvalue weighted by Gasteiger charge is -2.22. The summed E-state index contributed by atoms with van der Waals surface area (Å²) in [6.07, 6.45) is 2.78. The van der Waals surface area contributed by atoms with Crippen LogP contribution in [0.4, 0.5) is 0 Å². The number of Topliss-reactive ketones (excluding diaryl/α,β-unsaturated/α-hetero) is 1. The number of ketones is 1. The van der Waals surface area contributed by atoms with E-state index in [0.29, 0.717) is 29.7 Å². The van der Waals surface area contributed by atoms with E-state index in [9.17, 15) is 9.59 Å². The van der Waals surface area contributed by atoms with Gasteiger partial charge in [0.2, 0.25) is 0 Å². The fourth-order valence-electron chi connectivity index (χ4n) is 2.38. The van der Waals surface area contributed by atoms with Gasteiger partial charge in [0.25, 0.3) is 5.91 Å². The Morgan fingerprint density at radius 2 is 2.14 bits per heavy atom. The molecule has 0 aliphatic heterocycles. The number of hydrogen-bond acceptors (Lipinski definition) is 3.